The SMILES string of the molecule is CC1(C)CC(N/C=C(/C#N)C(=O)Nc2ccc(N)cc2)CC(C)(C)N1. The molecule has 1 amide bonds. The Labute approximate surface area is 149 Å². The van der Waals surface area contributed by atoms with Gasteiger partial charge in [-0.15, -0.1) is 0 Å². The summed E-state index contributed by atoms with van der Waals surface area (Å²) >= 11 is 0. The van der Waals surface area contributed by atoms with Gasteiger partial charge in [0.25, 0.3) is 5.91 Å². The monoisotopic (exact) mass is 341 g/mol. The van der Waals surface area contributed by atoms with Gasteiger partial charge in [0.1, 0.15) is 11.6 Å². The summed E-state index contributed by atoms with van der Waals surface area (Å²) in [6.45, 7) is 8.63. The van der Waals surface area contributed by atoms with E-state index in [9.17, 15) is 10.1 Å². The largest absolute Gasteiger partial charge is 0.399 e. The molecule has 0 aliphatic carbocycles. The predicted molar refractivity (Wildman–Crippen MR) is 101 cm³/mol. The Morgan fingerprint density at radius 2 is 1.80 bits per heavy atom. The molecular weight excluding hydrogens is 314 g/mol. The van der Waals surface area contributed by atoms with Gasteiger partial charge in [0.2, 0.25) is 0 Å². The van der Waals surface area contributed by atoms with E-state index < -0.39 is 5.91 Å². The van der Waals surface area contributed by atoms with E-state index in [0.29, 0.717) is 11.4 Å². The molecule has 0 spiro atoms. The standard InChI is InChI=1S/C19H27N5O/c1-18(2)9-16(10-19(3,4)24-18)22-12-13(11-20)17(25)23-15-7-5-14(21)6-8-15/h5-8,12,16,22,24H,9-10,21H2,1-4H3,(H,23,25)/b13-12-. The van der Waals surface area contributed by atoms with Gasteiger partial charge in [-0.1, -0.05) is 0 Å². The van der Waals surface area contributed by atoms with Gasteiger partial charge in [-0.2, -0.15) is 5.26 Å². The highest BCUT2D eigenvalue weighted by Crippen LogP contribution is 2.28. The van der Waals surface area contributed by atoms with Crippen LogP contribution in [0, 0.1) is 11.3 Å². The third-order valence-corrected chi connectivity index (χ3v) is 4.19. The van der Waals surface area contributed by atoms with Crippen molar-refractivity contribution in [2.45, 2.75) is 57.7 Å². The lowest BCUT2D eigenvalue weighted by molar-refractivity contribution is -0.112. The third-order valence-electron chi connectivity index (χ3n) is 4.19. The number of nitriles is 1. The molecule has 0 unspecified atom stereocenters. The molecule has 25 heavy (non-hydrogen) atoms. The average molecular weight is 341 g/mol. The van der Waals surface area contributed by atoms with E-state index in [1.54, 1.807) is 24.3 Å². The molecule has 1 heterocycles. The van der Waals surface area contributed by atoms with Crippen molar-refractivity contribution in [2.24, 2.45) is 0 Å². The maximum absolute atomic E-state index is 12.3. The van der Waals surface area contributed by atoms with E-state index >= 15 is 0 Å². The lowest BCUT2D eigenvalue weighted by atomic mass is 9.80. The number of rotatable bonds is 4. The summed E-state index contributed by atoms with van der Waals surface area (Å²) in [5, 5.41) is 18.9. The second-order valence-corrected chi connectivity index (χ2v) is 7.91. The van der Waals surface area contributed by atoms with Crippen LogP contribution in [0.5, 0.6) is 0 Å². The summed E-state index contributed by atoms with van der Waals surface area (Å²) < 4.78 is 0. The van der Waals surface area contributed by atoms with Crippen LogP contribution in [-0.2, 0) is 4.79 Å². The zero-order valence-corrected chi connectivity index (χ0v) is 15.3. The third kappa shape index (κ3) is 5.50. The van der Waals surface area contributed by atoms with Gasteiger partial charge in [-0.05, 0) is 64.8 Å². The van der Waals surface area contributed by atoms with E-state index in [1.165, 1.54) is 6.20 Å². The molecule has 1 aromatic rings. The van der Waals surface area contributed by atoms with Crippen LogP contribution >= 0.6 is 0 Å². The number of amides is 1. The summed E-state index contributed by atoms with van der Waals surface area (Å²) in [6, 6.07) is 8.95. The molecule has 0 radical (unpaired) electrons. The number of hydrogen-bond donors (Lipinski definition) is 4. The van der Waals surface area contributed by atoms with Crippen molar-refractivity contribution in [2.75, 3.05) is 11.1 Å². The Morgan fingerprint density at radius 3 is 2.32 bits per heavy atom. The van der Waals surface area contributed by atoms with Crippen molar-refractivity contribution < 1.29 is 4.79 Å². The van der Waals surface area contributed by atoms with Gasteiger partial charge >= 0.3 is 0 Å². The normalized spacial score (nSPS) is 19.7. The smallest absolute Gasteiger partial charge is 0.267 e. The Kier molecular flexibility index (Phi) is 5.39. The first-order valence-electron chi connectivity index (χ1n) is 8.43. The van der Waals surface area contributed by atoms with Gasteiger partial charge in [0.05, 0.1) is 0 Å². The lowest BCUT2D eigenvalue weighted by Crippen LogP contribution is -2.61. The molecule has 1 aliphatic heterocycles. The van der Waals surface area contributed by atoms with Crippen LogP contribution in [0.1, 0.15) is 40.5 Å². The summed E-state index contributed by atoms with van der Waals surface area (Å²) in [4.78, 5) is 12.3. The molecule has 0 aromatic heterocycles. The molecule has 6 heteroatoms. The maximum atomic E-state index is 12.3. The van der Waals surface area contributed by atoms with Crippen molar-refractivity contribution in [3.63, 3.8) is 0 Å². The summed E-state index contributed by atoms with van der Waals surface area (Å²) in [5.41, 5.74) is 6.88. The van der Waals surface area contributed by atoms with Crippen molar-refractivity contribution in [1.29, 1.82) is 5.26 Å². The van der Waals surface area contributed by atoms with Crippen LogP contribution < -0.4 is 21.7 Å². The number of benzene rings is 1. The fourth-order valence-electron chi connectivity index (χ4n) is 3.55. The number of hydrogen-bond acceptors (Lipinski definition) is 5. The van der Waals surface area contributed by atoms with Crippen LogP contribution in [-0.4, -0.2) is 23.0 Å². The second-order valence-electron chi connectivity index (χ2n) is 7.91. The van der Waals surface area contributed by atoms with Crippen LogP contribution in [0.25, 0.3) is 0 Å². The predicted octanol–water partition coefficient (Wildman–Crippen LogP) is 2.51. The highest BCUT2D eigenvalue weighted by molar-refractivity contribution is 6.06. The lowest BCUT2D eigenvalue weighted by Gasteiger charge is -2.46. The molecule has 1 saturated heterocycles. The Morgan fingerprint density at radius 1 is 1.24 bits per heavy atom. The number of nitrogen functional groups attached to an aromatic ring is 1. The number of nitrogens with one attached hydrogen (secondary N) is 3. The molecule has 1 aromatic carbocycles. The van der Waals surface area contributed by atoms with Crippen molar-refractivity contribution in [3.05, 3.63) is 36.0 Å². The number of piperidine rings is 1. The fourth-order valence-corrected chi connectivity index (χ4v) is 3.55. The minimum Gasteiger partial charge on any atom is -0.399 e. The van der Waals surface area contributed by atoms with E-state index in [0.717, 1.165) is 12.8 Å². The van der Waals surface area contributed by atoms with Crippen LogP contribution in [0.15, 0.2) is 36.0 Å². The average Bonchev–Trinajstić information content (AvgIpc) is 2.47. The number of nitrogens with zero attached hydrogens (tertiary/aromatic N) is 1. The number of carbonyl (C=O) groups excluding carboxylic acids is 1. The van der Waals surface area contributed by atoms with Crippen molar-refractivity contribution in [1.82, 2.24) is 10.6 Å². The summed E-state index contributed by atoms with van der Waals surface area (Å²) in [6.07, 6.45) is 3.34. The topological polar surface area (TPSA) is 103 Å². The van der Waals surface area contributed by atoms with Gasteiger partial charge in [-0.25, -0.2) is 0 Å². The van der Waals surface area contributed by atoms with Gasteiger partial charge < -0.3 is 21.7 Å². The maximum Gasteiger partial charge on any atom is 0.267 e. The zero-order valence-electron chi connectivity index (χ0n) is 15.3. The van der Waals surface area contributed by atoms with E-state index in [1.807, 2.05) is 6.07 Å². The minimum absolute atomic E-state index is 0.00765. The number of anilines is 2. The molecule has 5 N–H and O–H groups in total. The quantitative estimate of drug-likeness (QED) is 0.383. The molecule has 6 nitrogen and oxygen atoms in total. The fraction of sp³-hybridized carbons (Fsp3) is 0.474. The highest BCUT2D eigenvalue weighted by Gasteiger charge is 2.37. The summed E-state index contributed by atoms with van der Waals surface area (Å²) in [5.74, 6) is -0.438. The van der Waals surface area contributed by atoms with Crippen LogP contribution in [0.2, 0.25) is 0 Å². The molecule has 134 valence electrons. The first kappa shape index (κ1) is 18.8. The molecule has 0 bridgehead atoms. The van der Waals surface area contributed by atoms with Crippen molar-refractivity contribution in [3.8, 4) is 6.07 Å². The Balaban J connectivity index is 2.03. The van der Waals surface area contributed by atoms with Crippen LogP contribution in [0.3, 0.4) is 0 Å². The molecule has 1 aliphatic rings. The van der Waals surface area contributed by atoms with Gasteiger partial charge in [-0.3, -0.25) is 4.79 Å². The number of nitrogens with two attached hydrogens (primary N) is 1. The number of carbonyl (C=O) groups is 1. The van der Waals surface area contributed by atoms with Gasteiger partial charge in [0, 0.05) is 34.7 Å². The molecule has 0 atom stereocenters. The van der Waals surface area contributed by atoms with Gasteiger partial charge in [0.15, 0.2) is 0 Å². The van der Waals surface area contributed by atoms with E-state index in [-0.39, 0.29) is 22.7 Å². The highest BCUT2D eigenvalue weighted by atomic mass is 16.1. The summed E-state index contributed by atoms with van der Waals surface area (Å²) in [7, 11) is 0. The first-order valence-corrected chi connectivity index (χ1v) is 8.43. The van der Waals surface area contributed by atoms with Crippen LogP contribution in [0.4, 0.5) is 11.4 Å². The molecule has 2 rings (SSSR count). The van der Waals surface area contributed by atoms with E-state index in [4.69, 9.17) is 5.73 Å². The van der Waals surface area contributed by atoms with Crippen molar-refractivity contribution >= 4 is 17.3 Å². The second kappa shape index (κ2) is 7.16. The first-order chi connectivity index (χ1) is 11.6. The minimum atomic E-state index is -0.438. The van der Waals surface area contributed by atoms with E-state index in [2.05, 4.69) is 43.6 Å². The Bertz CT molecular complexity index is 682. The molecule has 1 fully saturated rings. The Hall–Kier alpha value is -2.52. The molecular formula is C19H27N5O. The molecule has 0 saturated carbocycles. The zero-order chi connectivity index (χ0) is 18.7.